The lowest BCUT2D eigenvalue weighted by Crippen LogP contribution is -2.39. The molecule has 1 heterocycles. The molecule has 1 aliphatic heterocycles. The molecule has 0 radical (unpaired) electrons. The minimum atomic E-state index is -0.495. The number of carbonyl (C=O) groups is 2. The number of rotatable bonds is 5. The van der Waals surface area contributed by atoms with Crippen molar-refractivity contribution >= 4 is 17.4 Å². The van der Waals surface area contributed by atoms with E-state index in [1.54, 1.807) is 0 Å². The molecule has 0 fully saturated rings. The Kier molecular flexibility index (Phi) is 4.60. The first-order chi connectivity index (χ1) is 12.7. The van der Waals surface area contributed by atoms with Crippen LogP contribution in [0.15, 0.2) is 42.5 Å². The number of anilines is 1. The van der Waals surface area contributed by atoms with Crippen LogP contribution >= 0.6 is 0 Å². The Bertz CT molecular complexity index is 845. The standard InChI is InChI=1S/C22H24N2O2/c1-2-12-24(14-15-6-4-3-5-7-15)17-10-8-16-9-11-19-20(18(16)13-17)21(25)22(26)23-19/h3-7,9,11,17H,2,8,10,12-14H2,1H3,(H,23,25,26). The molecular formula is C22H24N2O2. The van der Waals surface area contributed by atoms with E-state index in [-0.39, 0.29) is 5.78 Å². The zero-order valence-corrected chi connectivity index (χ0v) is 15.1. The first-order valence-electron chi connectivity index (χ1n) is 9.45. The second-order valence-corrected chi connectivity index (χ2v) is 7.26. The van der Waals surface area contributed by atoms with E-state index >= 15 is 0 Å². The van der Waals surface area contributed by atoms with Crippen molar-refractivity contribution in [3.63, 3.8) is 0 Å². The summed E-state index contributed by atoms with van der Waals surface area (Å²) in [5.74, 6) is -0.868. The molecule has 2 aromatic carbocycles. The zero-order chi connectivity index (χ0) is 18.1. The molecule has 0 bridgehead atoms. The number of hydrogen-bond donors (Lipinski definition) is 1. The van der Waals surface area contributed by atoms with Gasteiger partial charge in [-0.3, -0.25) is 14.5 Å². The van der Waals surface area contributed by atoms with Crippen LogP contribution in [-0.4, -0.2) is 29.2 Å². The lowest BCUT2D eigenvalue weighted by molar-refractivity contribution is -0.112. The van der Waals surface area contributed by atoms with Crippen LogP contribution in [0.1, 0.15) is 46.8 Å². The van der Waals surface area contributed by atoms with Gasteiger partial charge in [-0.05, 0) is 55.0 Å². The molecule has 1 aliphatic carbocycles. The molecule has 0 spiro atoms. The van der Waals surface area contributed by atoms with Gasteiger partial charge >= 0.3 is 0 Å². The molecule has 0 saturated carbocycles. The van der Waals surface area contributed by atoms with Gasteiger partial charge in [-0.2, -0.15) is 0 Å². The van der Waals surface area contributed by atoms with E-state index in [2.05, 4.69) is 47.5 Å². The summed E-state index contributed by atoms with van der Waals surface area (Å²) in [6.07, 6.45) is 3.99. The summed E-state index contributed by atoms with van der Waals surface area (Å²) in [4.78, 5) is 26.7. The zero-order valence-electron chi connectivity index (χ0n) is 15.1. The Labute approximate surface area is 154 Å². The number of ketones is 1. The van der Waals surface area contributed by atoms with Crippen LogP contribution in [0.3, 0.4) is 0 Å². The van der Waals surface area contributed by atoms with Gasteiger partial charge in [0.1, 0.15) is 0 Å². The monoisotopic (exact) mass is 348 g/mol. The third-order valence-corrected chi connectivity index (χ3v) is 5.53. The van der Waals surface area contributed by atoms with Crippen LogP contribution in [0.2, 0.25) is 0 Å². The molecule has 4 heteroatoms. The van der Waals surface area contributed by atoms with Gasteiger partial charge in [0.25, 0.3) is 11.7 Å². The Balaban J connectivity index is 1.61. The highest BCUT2D eigenvalue weighted by Crippen LogP contribution is 2.35. The Morgan fingerprint density at radius 3 is 2.69 bits per heavy atom. The summed E-state index contributed by atoms with van der Waals surface area (Å²) >= 11 is 0. The van der Waals surface area contributed by atoms with Gasteiger partial charge in [-0.25, -0.2) is 0 Å². The normalized spacial score (nSPS) is 18.6. The van der Waals surface area contributed by atoms with Gasteiger partial charge < -0.3 is 5.32 Å². The van der Waals surface area contributed by atoms with Gasteiger partial charge in [-0.1, -0.05) is 43.3 Å². The predicted octanol–water partition coefficient (Wildman–Crippen LogP) is 3.59. The average molecular weight is 348 g/mol. The topological polar surface area (TPSA) is 49.4 Å². The van der Waals surface area contributed by atoms with Crippen LogP contribution in [0.5, 0.6) is 0 Å². The van der Waals surface area contributed by atoms with Gasteiger partial charge in [0.05, 0.1) is 11.3 Å². The lowest BCUT2D eigenvalue weighted by atomic mass is 9.83. The van der Waals surface area contributed by atoms with Crippen molar-refractivity contribution in [1.82, 2.24) is 4.90 Å². The smallest absolute Gasteiger partial charge is 0.296 e. The summed E-state index contributed by atoms with van der Waals surface area (Å²) in [7, 11) is 0. The molecule has 2 aliphatic rings. The maximum absolute atomic E-state index is 12.3. The van der Waals surface area contributed by atoms with Crippen molar-refractivity contribution in [2.75, 3.05) is 11.9 Å². The van der Waals surface area contributed by atoms with Crippen molar-refractivity contribution in [2.24, 2.45) is 0 Å². The number of nitrogens with one attached hydrogen (secondary N) is 1. The molecular weight excluding hydrogens is 324 g/mol. The number of nitrogens with zero attached hydrogens (tertiary/aromatic N) is 1. The first kappa shape index (κ1) is 17.0. The minimum Gasteiger partial charge on any atom is -0.318 e. The highest BCUT2D eigenvalue weighted by atomic mass is 16.2. The Morgan fingerprint density at radius 2 is 1.92 bits per heavy atom. The van der Waals surface area contributed by atoms with Crippen molar-refractivity contribution in [2.45, 2.75) is 45.2 Å². The van der Waals surface area contributed by atoms with Gasteiger partial charge in [0.15, 0.2) is 0 Å². The fourth-order valence-corrected chi connectivity index (χ4v) is 4.28. The molecule has 1 N–H and O–H groups in total. The largest absolute Gasteiger partial charge is 0.318 e. The quantitative estimate of drug-likeness (QED) is 0.840. The lowest BCUT2D eigenvalue weighted by Gasteiger charge is -2.35. The summed E-state index contributed by atoms with van der Waals surface area (Å²) in [6.45, 7) is 4.17. The Morgan fingerprint density at radius 1 is 1.12 bits per heavy atom. The summed E-state index contributed by atoms with van der Waals surface area (Å²) in [5, 5.41) is 2.70. The third kappa shape index (κ3) is 3.06. The molecule has 134 valence electrons. The summed E-state index contributed by atoms with van der Waals surface area (Å²) in [6, 6.07) is 14.9. The van der Waals surface area contributed by atoms with Crippen LogP contribution < -0.4 is 5.32 Å². The van der Waals surface area contributed by atoms with E-state index < -0.39 is 5.91 Å². The van der Waals surface area contributed by atoms with Crippen molar-refractivity contribution in [1.29, 1.82) is 0 Å². The molecule has 1 atom stereocenters. The van der Waals surface area contributed by atoms with E-state index in [1.165, 1.54) is 11.1 Å². The van der Waals surface area contributed by atoms with Crippen molar-refractivity contribution in [3.05, 3.63) is 64.7 Å². The van der Waals surface area contributed by atoms with E-state index in [4.69, 9.17) is 0 Å². The number of Topliss-reactive ketones (excluding diaryl/α,β-unsaturated/α-hetero) is 1. The Hall–Kier alpha value is -2.46. The van der Waals surface area contributed by atoms with Gasteiger partial charge in [0.2, 0.25) is 0 Å². The molecule has 1 unspecified atom stereocenters. The van der Waals surface area contributed by atoms with E-state index in [0.29, 0.717) is 17.3 Å². The fourth-order valence-electron chi connectivity index (χ4n) is 4.28. The van der Waals surface area contributed by atoms with Gasteiger partial charge in [0, 0.05) is 12.6 Å². The molecule has 2 aromatic rings. The van der Waals surface area contributed by atoms with Crippen LogP contribution in [0.4, 0.5) is 5.69 Å². The number of hydrogen-bond acceptors (Lipinski definition) is 3. The SMILES string of the molecule is CCCN(Cc1ccccc1)C1CCc2ccc3c(c2C1)C(=O)C(=O)N3. The highest BCUT2D eigenvalue weighted by molar-refractivity contribution is 6.52. The molecule has 4 nitrogen and oxygen atoms in total. The molecule has 26 heavy (non-hydrogen) atoms. The van der Waals surface area contributed by atoms with Crippen LogP contribution in [0, 0.1) is 0 Å². The summed E-state index contributed by atoms with van der Waals surface area (Å²) in [5.41, 5.74) is 4.92. The van der Waals surface area contributed by atoms with Gasteiger partial charge in [-0.15, -0.1) is 0 Å². The predicted molar refractivity (Wildman–Crippen MR) is 102 cm³/mol. The molecule has 0 saturated heterocycles. The van der Waals surface area contributed by atoms with Crippen molar-refractivity contribution < 1.29 is 9.59 Å². The number of fused-ring (bicyclic) bond motifs is 3. The summed E-state index contributed by atoms with van der Waals surface area (Å²) < 4.78 is 0. The number of benzene rings is 2. The number of aryl methyl sites for hydroxylation is 1. The minimum absolute atomic E-state index is 0.373. The van der Waals surface area contributed by atoms with E-state index in [9.17, 15) is 9.59 Å². The molecule has 0 aromatic heterocycles. The fraction of sp³-hybridized carbons (Fsp3) is 0.364. The highest BCUT2D eigenvalue weighted by Gasteiger charge is 2.35. The average Bonchev–Trinajstić information content (AvgIpc) is 2.96. The second kappa shape index (κ2) is 7.04. The molecule has 4 rings (SSSR count). The number of amides is 1. The van der Waals surface area contributed by atoms with E-state index in [1.807, 2.05) is 12.1 Å². The maximum Gasteiger partial charge on any atom is 0.296 e. The number of carbonyl (C=O) groups excluding carboxylic acids is 2. The third-order valence-electron chi connectivity index (χ3n) is 5.53. The van der Waals surface area contributed by atoms with E-state index in [0.717, 1.165) is 44.3 Å². The maximum atomic E-state index is 12.3. The molecule has 1 amide bonds. The van der Waals surface area contributed by atoms with Crippen LogP contribution in [-0.2, 0) is 24.2 Å². The second-order valence-electron chi connectivity index (χ2n) is 7.26. The first-order valence-corrected chi connectivity index (χ1v) is 9.45. The van der Waals surface area contributed by atoms with Crippen molar-refractivity contribution in [3.8, 4) is 0 Å². The van der Waals surface area contributed by atoms with Crippen LogP contribution in [0.25, 0.3) is 0 Å².